The van der Waals surface area contributed by atoms with Gasteiger partial charge < -0.3 is 20.1 Å². The van der Waals surface area contributed by atoms with E-state index in [1.807, 2.05) is 0 Å². The number of ether oxygens (including phenoxy) is 2. The van der Waals surface area contributed by atoms with Crippen LogP contribution in [0, 0.1) is 5.41 Å². The maximum absolute atomic E-state index is 12.7. The third-order valence-corrected chi connectivity index (χ3v) is 4.59. The number of hydrogen-bond donors (Lipinski definition) is 2. The van der Waals surface area contributed by atoms with Crippen LogP contribution in [0.15, 0.2) is 42.5 Å². The van der Waals surface area contributed by atoms with E-state index in [1.165, 1.54) is 7.11 Å². The maximum Gasteiger partial charge on any atom is 0.240 e. The molecule has 0 radical (unpaired) electrons. The van der Waals surface area contributed by atoms with Crippen molar-refractivity contribution in [3.8, 4) is 11.5 Å². The lowest BCUT2D eigenvalue weighted by molar-refractivity contribution is -0.131. The Morgan fingerprint density at radius 2 is 1.73 bits per heavy atom. The van der Waals surface area contributed by atoms with Crippen LogP contribution < -0.4 is 20.1 Å². The molecule has 0 heterocycles. The summed E-state index contributed by atoms with van der Waals surface area (Å²) in [6.07, 6.45) is 0.967. The van der Waals surface area contributed by atoms with Gasteiger partial charge in [0.15, 0.2) is 0 Å². The number of rotatable bonds is 6. The highest BCUT2D eigenvalue weighted by atomic mass is 35.5. The molecular weight excluding hydrogens is 356 g/mol. The molecule has 0 aromatic heterocycles. The summed E-state index contributed by atoms with van der Waals surface area (Å²) < 4.78 is 10.4. The van der Waals surface area contributed by atoms with Gasteiger partial charge >= 0.3 is 0 Å². The first-order valence-corrected chi connectivity index (χ1v) is 8.47. The van der Waals surface area contributed by atoms with E-state index >= 15 is 0 Å². The molecule has 2 aromatic rings. The number of carbonyl (C=O) groups excluding carboxylic acids is 2. The standard InChI is InChI=1S/C19H19ClN2O4/c1-25-14-5-3-4-13(11-14)21-17(23)19(8-9-19)18(24)22-15-10-12(20)6-7-16(15)26-2/h3-7,10-11H,8-9H2,1-2H3,(H,21,23)(H,22,24). The number of methoxy groups -OCH3 is 2. The van der Waals surface area contributed by atoms with Crippen LogP contribution in [0.1, 0.15) is 12.8 Å². The van der Waals surface area contributed by atoms with Crippen molar-refractivity contribution < 1.29 is 19.1 Å². The molecule has 0 saturated heterocycles. The minimum absolute atomic E-state index is 0.343. The highest BCUT2D eigenvalue weighted by Gasteiger charge is 2.56. The van der Waals surface area contributed by atoms with Gasteiger partial charge in [0.25, 0.3) is 0 Å². The van der Waals surface area contributed by atoms with Gasteiger partial charge in [0, 0.05) is 16.8 Å². The van der Waals surface area contributed by atoms with Crippen molar-refractivity contribution in [1.82, 2.24) is 0 Å². The first-order chi connectivity index (χ1) is 12.5. The van der Waals surface area contributed by atoms with Crippen LogP contribution in [0.2, 0.25) is 5.02 Å². The van der Waals surface area contributed by atoms with E-state index in [-0.39, 0.29) is 11.8 Å². The molecule has 2 N–H and O–H groups in total. The normalized spacial score (nSPS) is 14.3. The monoisotopic (exact) mass is 374 g/mol. The zero-order valence-electron chi connectivity index (χ0n) is 14.5. The summed E-state index contributed by atoms with van der Waals surface area (Å²) >= 11 is 5.99. The minimum atomic E-state index is -1.09. The van der Waals surface area contributed by atoms with Gasteiger partial charge in [-0.3, -0.25) is 9.59 Å². The molecule has 136 valence electrons. The van der Waals surface area contributed by atoms with Crippen LogP contribution >= 0.6 is 11.6 Å². The molecule has 26 heavy (non-hydrogen) atoms. The van der Waals surface area contributed by atoms with Crippen molar-refractivity contribution in [1.29, 1.82) is 0 Å². The summed E-state index contributed by atoms with van der Waals surface area (Å²) in [5, 5.41) is 6.01. The molecule has 0 aliphatic heterocycles. The third kappa shape index (κ3) is 3.60. The number of amides is 2. The van der Waals surface area contributed by atoms with Crippen LogP contribution in [0.5, 0.6) is 11.5 Å². The molecule has 6 nitrogen and oxygen atoms in total. The average Bonchev–Trinajstić information content (AvgIpc) is 3.44. The first-order valence-electron chi connectivity index (χ1n) is 8.09. The zero-order chi connectivity index (χ0) is 18.7. The van der Waals surface area contributed by atoms with Gasteiger partial charge in [-0.05, 0) is 43.2 Å². The van der Waals surface area contributed by atoms with E-state index in [9.17, 15) is 9.59 Å². The van der Waals surface area contributed by atoms with Gasteiger partial charge in [0.2, 0.25) is 11.8 Å². The molecule has 2 amide bonds. The van der Waals surface area contributed by atoms with E-state index in [2.05, 4.69) is 10.6 Å². The number of hydrogen-bond acceptors (Lipinski definition) is 4. The van der Waals surface area contributed by atoms with Crippen LogP contribution in [0.25, 0.3) is 0 Å². The van der Waals surface area contributed by atoms with Gasteiger partial charge in [0.1, 0.15) is 16.9 Å². The molecule has 1 aliphatic carbocycles. The summed E-state index contributed by atoms with van der Waals surface area (Å²) in [7, 11) is 3.05. The predicted molar refractivity (Wildman–Crippen MR) is 99.9 cm³/mol. The number of halogens is 1. The molecule has 7 heteroatoms. The Bertz CT molecular complexity index is 849. The number of benzene rings is 2. The summed E-state index contributed by atoms with van der Waals surface area (Å²) in [4.78, 5) is 25.4. The Morgan fingerprint density at radius 1 is 1.00 bits per heavy atom. The molecule has 2 aromatic carbocycles. The summed E-state index contributed by atoms with van der Waals surface area (Å²) in [5.41, 5.74) is -0.0737. The topological polar surface area (TPSA) is 76.7 Å². The second kappa shape index (κ2) is 7.25. The molecule has 0 bridgehead atoms. The van der Waals surface area contributed by atoms with Crippen molar-refractivity contribution in [2.45, 2.75) is 12.8 Å². The summed E-state index contributed by atoms with van der Waals surface area (Å²) in [6.45, 7) is 0. The van der Waals surface area contributed by atoms with Crippen LogP contribution in [-0.2, 0) is 9.59 Å². The van der Waals surface area contributed by atoms with Gasteiger partial charge in [-0.2, -0.15) is 0 Å². The van der Waals surface area contributed by atoms with Crippen LogP contribution in [0.4, 0.5) is 11.4 Å². The van der Waals surface area contributed by atoms with Crippen molar-refractivity contribution >= 4 is 34.8 Å². The number of nitrogens with one attached hydrogen (secondary N) is 2. The van der Waals surface area contributed by atoms with Gasteiger partial charge in [-0.25, -0.2) is 0 Å². The number of carbonyl (C=O) groups is 2. The SMILES string of the molecule is COc1cccc(NC(=O)C2(C(=O)Nc3cc(Cl)ccc3OC)CC2)c1. The average molecular weight is 375 g/mol. The number of anilines is 2. The molecular formula is C19H19ClN2O4. The predicted octanol–water partition coefficient (Wildman–Crippen LogP) is 3.71. The Labute approximate surface area is 156 Å². The first kappa shape index (κ1) is 18.1. The second-order valence-electron chi connectivity index (χ2n) is 6.07. The van der Waals surface area contributed by atoms with Crippen LogP contribution in [0.3, 0.4) is 0 Å². The Balaban J connectivity index is 1.74. The van der Waals surface area contributed by atoms with E-state index in [4.69, 9.17) is 21.1 Å². The zero-order valence-corrected chi connectivity index (χ0v) is 15.2. The highest BCUT2D eigenvalue weighted by molar-refractivity contribution is 6.31. The van der Waals surface area contributed by atoms with Crippen LogP contribution in [-0.4, -0.2) is 26.0 Å². The van der Waals surface area contributed by atoms with Gasteiger partial charge in [-0.1, -0.05) is 17.7 Å². The fourth-order valence-electron chi connectivity index (χ4n) is 2.65. The molecule has 1 fully saturated rings. The van der Waals surface area contributed by atoms with E-state index < -0.39 is 5.41 Å². The molecule has 1 aliphatic rings. The van der Waals surface area contributed by atoms with E-state index in [1.54, 1.807) is 49.6 Å². The lowest BCUT2D eigenvalue weighted by Gasteiger charge is -2.17. The Morgan fingerprint density at radius 3 is 2.38 bits per heavy atom. The molecule has 0 spiro atoms. The molecule has 0 unspecified atom stereocenters. The smallest absolute Gasteiger partial charge is 0.240 e. The molecule has 3 rings (SSSR count). The van der Waals surface area contributed by atoms with E-state index in [0.717, 1.165) is 0 Å². The lowest BCUT2D eigenvalue weighted by atomic mass is 10.0. The van der Waals surface area contributed by atoms with Gasteiger partial charge in [-0.15, -0.1) is 0 Å². The fourth-order valence-corrected chi connectivity index (χ4v) is 2.83. The summed E-state index contributed by atoms with van der Waals surface area (Å²) in [6, 6.07) is 11.9. The maximum atomic E-state index is 12.7. The molecule has 0 atom stereocenters. The molecule has 1 saturated carbocycles. The van der Waals surface area contributed by atoms with E-state index in [0.29, 0.717) is 40.7 Å². The third-order valence-electron chi connectivity index (χ3n) is 4.36. The van der Waals surface area contributed by atoms with Crippen molar-refractivity contribution in [2.24, 2.45) is 5.41 Å². The Hall–Kier alpha value is -2.73. The fraction of sp³-hybridized carbons (Fsp3) is 0.263. The van der Waals surface area contributed by atoms with Crippen molar-refractivity contribution in [3.05, 3.63) is 47.5 Å². The lowest BCUT2D eigenvalue weighted by Crippen LogP contribution is -2.35. The Kier molecular flexibility index (Phi) is 5.04. The second-order valence-corrected chi connectivity index (χ2v) is 6.50. The quantitative estimate of drug-likeness (QED) is 0.755. The highest BCUT2D eigenvalue weighted by Crippen LogP contribution is 2.48. The van der Waals surface area contributed by atoms with Gasteiger partial charge in [0.05, 0.1) is 19.9 Å². The summed E-state index contributed by atoms with van der Waals surface area (Å²) in [5.74, 6) is 0.384. The minimum Gasteiger partial charge on any atom is -0.497 e. The van der Waals surface area contributed by atoms with Crippen molar-refractivity contribution in [2.75, 3.05) is 24.9 Å². The largest absolute Gasteiger partial charge is 0.497 e. The van der Waals surface area contributed by atoms with Crippen molar-refractivity contribution in [3.63, 3.8) is 0 Å².